The van der Waals surface area contributed by atoms with Crippen LogP contribution in [0.25, 0.3) is 0 Å². The molecule has 0 bridgehead atoms. The monoisotopic (exact) mass is 333 g/mol. The van der Waals surface area contributed by atoms with Crippen molar-refractivity contribution < 1.29 is 13.9 Å². The molecule has 23 heavy (non-hydrogen) atoms. The van der Waals surface area contributed by atoms with Crippen LogP contribution in [-0.4, -0.2) is 11.9 Å². The lowest BCUT2D eigenvalue weighted by atomic mass is 9.95. The molecule has 0 saturated heterocycles. The van der Waals surface area contributed by atoms with E-state index in [0.717, 1.165) is 18.4 Å². The lowest BCUT2D eigenvalue weighted by Gasteiger charge is -2.22. The molecule has 1 aromatic heterocycles. The highest BCUT2D eigenvalue weighted by Gasteiger charge is 2.17. The van der Waals surface area contributed by atoms with Crippen LogP contribution in [0.4, 0.5) is 4.39 Å². The van der Waals surface area contributed by atoms with Crippen LogP contribution in [0, 0.1) is 5.82 Å². The molecule has 1 aromatic carbocycles. The topological polar surface area (TPSA) is 38.3 Å². The minimum absolute atomic E-state index is 0.00101. The van der Waals surface area contributed by atoms with Crippen molar-refractivity contribution in [1.29, 1.82) is 0 Å². The van der Waals surface area contributed by atoms with Gasteiger partial charge >= 0.3 is 0 Å². The molecule has 0 unspecified atom stereocenters. The largest absolute Gasteiger partial charge is 0.489 e. The molecule has 1 N–H and O–H groups in total. The molecule has 0 radical (unpaired) electrons. The molecular weight excluding hydrogens is 313 g/mol. The summed E-state index contributed by atoms with van der Waals surface area (Å²) in [6.45, 7) is 0.330. The second-order valence-corrected chi connectivity index (χ2v) is 6.78. The van der Waals surface area contributed by atoms with E-state index in [2.05, 4.69) is 5.32 Å². The summed E-state index contributed by atoms with van der Waals surface area (Å²) in [6.07, 6.45) is 5.82. The zero-order valence-corrected chi connectivity index (χ0v) is 13.7. The van der Waals surface area contributed by atoms with E-state index in [1.165, 1.54) is 42.7 Å². The van der Waals surface area contributed by atoms with Gasteiger partial charge in [0, 0.05) is 17.7 Å². The van der Waals surface area contributed by atoms with E-state index >= 15 is 0 Å². The Hall–Kier alpha value is -1.88. The van der Waals surface area contributed by atoms with E-state index in [1.54, 1.807) is 12.1 Å². The standard InChI is InChI=1S/C18H20FNO2S/c19-14-5-4-8-16(10-14)22-11-13-9-17(23-12-13)18(21)20-15-6-2-1-3-7-15/h4-5,8-10,12,15H,1-3,6-7,11H2,(H,20,21). The minimum atomic E-state index is -0.319. The number of amides is 1. The van der Waals surface area contributed by atoms with E-state index in [-0.39, 0.29) is 11.7 Å². The summed E-state index contributed by atoms with van der Waals surface area (Å²) in [5, 5.41) is 5.02. The van der Waals surface area contributed by atoms with E-state index in [9.17, 15) is 9.18 Å². The van der Waals surface area contributed by atoms with Gasteiger partial charge in [0.05, 0.1) is 4.88 Å². The number of hydrogen-bond acceptors (Lipinski definition) is 3. The second-order valence-electron chi connectivity index (χ2n) is 5.87. The van der Waals surface area contributed by atoms with Gasteiger partial charge in [0.1, 0.15) is 18.2 Å². The Morgan fingerprint density at radius 2 is 2.09 bits per heavy atom. The summed E-state index contributed by atoms with van der Waals surface area (Å²) in [7, 11) is 0. The molecule has 3 nitrogen and oxygen atoms in total. The van der Waals surface area contributed by atoms with Crippen molar-refractivity contribution >= 4 is 17.2 Å². The summed E-state index contributed by atoms with van der Waals surface area (Å²) in [5.74, 6) is 0.170. The van der Waals surface area contributed by atoms with Gasteiger partial charge in [-0.2, -0.15) is 0 Å². The minimum Gasteiger partial charge on any atom is -0.489 e. The number of carbonyl (C=O) groups is 1. The normalized spacial score (nSPS) is 15.3. The molecule has 2 aromatic rings. The SMILES string of the molecule is O=C(NC1CCCCC1)c1cc(COc2cccc(F)c2)cs1. The van der Waals surface area contributed by atoms with Gasteiger partial charge in [-0.1, -0.05) is 25.3 Å². The third kappa shape index (κ3) is 4.55. The van der Waals surface area contributed by atoms with Crippen LogP contribution in [0.15, 0.2) is 35.7 Å². The average molecular weight is 333 g/mol. The van der Waals surface area contributed by atoms with Crippen LogP contribution in [0.3, 0.4) is 0 Å². The number of rotatable bonds is 5. The second kappa shape index (κ2) is 7.59. The number of carbonyl (C=O) groups excluding carboxylic acids is 1. The summed E-state index contributed by atoms with van der Waals surface area (Å²) >= 11 is 1.42. The van der Waals surface area contributed by atoms with Gasteiger partial charge in [0.15, 0.2) is 0 Å². The lowest BCUT2D eigenvalue weighted by molar-refractivity contribution is 0.0932. The van der Waals surface area contributed by atoms with Crippen molar-refractivity contribution in [3.63, 3.8) is 0 Å². The first-order valence-electron chi connectivity index (χ1n) is 7.97. The number of thiophene rings is 1. The summed E-state index contributed by atoms with van der Waals surface area (Å²) < 4.78 is 18.6. The van der Waals surface area contributed by atoms with Crippen molar-refractivity contribution in [1.82, 2.24) is 5.32 Å². The van der Waals surface area contributed by atoms with Crippen LogP contribution in [0.5, 0.6) is 5.75 Å². The highest BCUT2D eigenvalue weighted by molar-refractivity contribution is 7.12. The maximum absolute atomic E-state index is 13.1. The fourth-order valence-electron chi connectivity index (χ4n) is 2.80. The van der Waals surface area contributed by atoms with Crippen LogP contribution < -0.4 is 10.1 Å². The van der Waals surface area contributed by atoms with Gasteiger partial charge in [-0.25, -0.2) is 4.39 Å². The maximum atomic E-state index is 13.1. The van der Waals surface area contributed by atoms with Crippen LogP contribution >= 0.6 is 11.3 Å². The van der Waals surface area contributed by atoms with E-state index < -0.39 is 0 Å². The molecule has 1 saturated carbocycles. The van der Waals surface area contributed by atoms with Crippen molar-refractivity contribution in [3.8, 4) is 5.75 Å². The fraction of sp³-hybridized carbons (Fsp3) is 0.389. The average Bonchev–Trinajstić information content (AvgIpc) is 3.03. The summed E-state index contributed by atoms with van der Waals surface area (Å²) in [5.41, 5.74) is 0.924. The predicted octanol–water partition coefficient (Wildman–Crippen LogP) is 4.53. The zero-order chi connectivity index (χ0) is 16.1. The Kier molecular flexibility index (Phi) is 5.28. The van der Waals surface area contributed by atoms with Crippen molar-refractivity contribution in [2.24, 2.45) is 0 Å². The highest BCUT2D eigenvalue weighted by Crippen LogP contribution is 2.21. The number of ether oxygens (including phenoxy) is 1. The number of nitrogens with one attached hydrogen (secondary N) is 1. The van der Waals surface area contributed by atoms with Crippen LogP contribution in [-0.2, 0) is 6.61 Å². The molecule has 5 heteroatoms. The predicted molar refractivity (Wildman–Crippen MR) is 89.4 cm³/mol. The summed E-state index contributed by atoms with van der Waals surface area (Å²) in [6, 6.07) is 8.22. The first kappa shape index (κ1) is 16.0. The van der Waals surface area contributed by atoms with Gasteiger partial charge in [0.2, 0.25) is 0 Å². The molecular formula is C18H20FNO2S. The highest BCUT2D eigenvalue weighted by atomic mass is 32.1. The third-order valence-corrected chi connectivity index (χ3v) is 5.00. The van der Waals surface area contributed by atoms with Crippen LogP contribution in [0.1, 0.15) is 47.3 Å². The van der Waals surface area contributed by atoms with Gasteiger partial charge in [-0.15, -0.1) is 11.3 Å². The molecule has 122 valence electrons. The van der Waals surface area contributed by atoms with E-state index in [4.69, 9.17) is 4.74 Å². The first-order valence-corrected chi connectivity index (χ1v) is 8.85. The van der Waals surface area contributed by atoms with Gasteiger partial charge in [-0.3, -0.25) is 4.79 Å². The Labute approximate surface area is 139 Å². The molecule has 0 atom stereocenters. The summed E-state index contributed by atoms with van der Waals surface area (Å²) in [4.78, 5) is 13.0. The molecule has 1 amide bonds. The van der Waals surface area contributed by atoms with E-state index in [1.807, 2.05) is 11.4 Å². The molecule has 1 aliphatic rings. The Morgan fingerprint density at radius 3 is 2.87 bits per heavy atom. The Morgan fingerprint density at radius 1 is 1.26 bits per heavy atom. The quantitative estimate of drug-likeness (QED) is 0.873. The number of hydrogen-bond donors (Lipinski definition) is 1. The fourth-order valence-corrected chi connectivity index (χ4v) is 3.60. The first-order chi connectivity index (χ1) is 11.2. The molecule has 1 aliphatic carbocycles. The molecule has 0 spiro atoms. The van der Waals surface area contributed by atoms with Gasteiger partial charge < -0.3 is 10.1 Å². The van der Waals surface area contributed by atoms with Crippen molar-refractivity contribution in [3.05, 3.63) is 52.0 Å². The Bertz CT molecular complexity index is 665. The lowest BCUT2D eigenvalue weighted by Crippen LogP contribution is -2.35. The zero-order valence-electron chi connectivity index (χ0n) is 12.9. The van der Waals surface area contributed by atoms with Crippen LogP contribution in [0.2, 0.25) is 0 Å². The van der Waals surface area contributed by atoms with Gasteiger partial charge in [0.25, 0.3) is 5.91 Å². The molecule has 1 fully saturated rings. The van der Waals surface area contributed by atoms with Gasteiger partial charge in [-0.05, 0) is 36.4 Å². The van der Waals surface area contributed by atoms with E-state index in [0.29, 0.717) is 23.3 Å². The Balaban J connectivity index is 1.53. The van der Waals surface area contributed by atoms with Crippen molar-refractivity contribution in [2.45, 2.75) is 44.8 Å². The van der Waals surface area contributed by atoms with Crippen molar-refractivity contribution in [2.75, 3.05) is 0 Å². The number of halogens is 1. The smallest absolute Gasteiger partial charge is 0.261 e. The maximum Gasteiger partial charge on any atom is 0.261 e. The number of benzene rings is 1. The molecule has 3 rings (SSSR count). The third-order valence-electron chi connectivity index (χ3n) is 4.02. The molecule has 0 aliphatic heterocycles. The molecule has 1 heterocycles.